The molecule has 5 nitrogen and oxygen atoms in total. The van der Waals surface area contributed by atoms with Gasteiger partial charge in [0.25, 0.3) is 0 Å². The summed E-state index contributed by atoms with van der Waals surface area (Å²) >= 11 is 6.20. The molecule has 0 bridgehead atoms. The lowest BCUT2D eigenvalue weighted by Crippen LogP contribution is -2.39. The molecular formula is C18H18ClNO4S. The maximum atomic E-state index is 12.7. The molecule has 2 aromatic rings. The molecule has 1 amide bonds. The summed E-state index contributed by atoms with van der Waals surface area (Å²) in [4.78, 5) is 14.3. The van der Waals surface area contributed by atoms with Crippen LogP contribution in [0, 0.1) is 0 Å². The first-order valence-electron chi connectivity index (χ1n) is 7.91. The Balaban J connectivity index is 1.83. The van der Waals surface area contributed by atoms with Gasteiger partial charge in [-0.2, -0.15) is 0 Å². The van der Waals surface area contributed by atoms with Gasteiger partial charge in [0.1, 0.15) is 5.76 Å². The number of amides is 1. The van der Waals surface area contributed by atoms with E-state index in [4.69, 9.17) is 16.0 Å². The molecule has 7 heteroatoms. The largest absolute Gasteiger partial charge is 0.465 e. The van der Waals surface area contributed by atoms with Gasteiger partial charge in [-0.1, -0.05) is 29.8 Å². The molecule has 0 saturated carbocycles. The van der Waals surface area contributed by atoms with E-state index in [0.29, 0.717) is 17.2 Å². The monoisotopic (exact) mass is 379 g/mol. The first-order chi connectivity index (χ1) is 11.9. The number of carbonyl (C=O) groups is 1. The van der Waals surface area contributed by atoms with Gasteiger partial charge in [-0.3, -0.25) is 4.79 Å². The summed E-state index contributed by atoms with van der Waals surface area (Å²) in [5.74, 6) is 0.382. The molecule has 1 aliphatic heterocycles. The number of sulfone groups is 1. The van der Waals surface area contributed by atoms with E-state index < -0.39 is 9.84 Å². The third kappa shape index (κ3) is 4.52. The molecule has 1 aromatic carbocycles. The standard InChI is InChI=1S/C18H18ClNO4S/c19-17-6-2-1-4-14(17)12-20(15-9-11-25(22,23)13-15)18(21)8-7-16-5-3-10-24-16/h1-8,10,15H,9,11-13H2. The average Bonchev–Trinajstić information content (AvgIpc) is 3.21. The molecule has 1 fully saturated rings. The summed E-state index contributed by atoms with van der Waals surface area (Å²) in [6.07, 6.45) is 4.94. The second kappa shape index (κ2) is 7.45. The van der Waals surface area contributed by atoms with Crippen molar-refractivity contribution in [3.63, 3.8) is 0 Å². The molecule has 0 aliphatic carbocycles. The van der Waals surface area contributed by atoms with Crippen LogP contribution in [0.3, 0.4) is 0 Å². The predicted octanol–water partition coefficient (Wildman–Crippen LogP) is 3.16. The lowest BCUT2D eigenvalue weighted by Gasteiger charge is -2.27. The number of carbonyl (C=O) groups excluding carboxylic acids is 1. The lowest BCUT2D eigenvalue weighted by molar-refractivity contribution is -0.128. The van der Waals surface area contributed by atoms with Gasteiger partial charge in [0.15, 0.2) is 9.84 Å². The highest BCUT2D eigenvalue weighted by molar-refractivity contribution is 7.91. The van der Waals surface area contributed by atoms with Gasteiger partial charge >= 0.3 is 0 Å². The number of benzene rings is 1. The molecule has 1 saturated heterocycles. The van der Waals surface area contributed by atoms with Crippen LogP contribution in [-0.2, 0) is 21.2 Å². The van der Waals surface area contributed by atoms with Crippen molar-refractivity contribution in [2.45, 2.75) is 19.0 Å². The van der Waals surface area contributed by atoms with E-state index in [1.54, 1.807) is 29.2 Å². The number of rotatable bonds is 5. The number of nitrogens with zero attached hydrogens (tertiary/aromatic N) is 1. The van der Waals surface area contributed by atoms with Crippen LogP contribution in [0.2, 0.25) is 5.02 Å². The van der Waals surface area contributed by atoms with Gasteiger partial charge in [0, 0.05) is 23.7 Å². The minimum Gasteiger partial charge on any atom is -0.465 e. The third-order valence-electron chi connectivity index (χ3n) is 4.16. The van der Waals surface area contributed by atoms with Gasteiger partial charge < -0.3 is 9.32 Å². The van der Waals surface area contributed by atoms with Crippen LogP contribution < -0.4 is 0 Å². The van der Waals surface area contributed by atoms with Gasteiger partial charge in [0.05, 0.1) is 17.8 Å². The molecule has 0 spiro atoms. The average molecular weight is 380 g/mol. The maximum Gasteiger partial charge on any atom is 0.247 e. The summed E-state index contributed by atoms with van der Waals surface area (Å²) in [6.45, 7) is 0.265. The van der Waals surface area contributed by atoms with Crippen LogP contribution in [0.25, 0.3) is 6.08 Å². The quantitative estimate of drug-likeness (QED) is 0.748. The van der Waals surface area contributed by atoms with Crippen molar-refractivity contribution in [1.82, 2.24) is 4.90 Å². The zero-order valence-electron chi connectivity index (χ0n) is 13.5. The second-order valence-corrected chi connectivity index (χ2v) is 8.60. The molecular weight excluding hydrogens is 362 g/mol. The Hall–Kier alpha value is -2.05. The van der Waals surface area contributed by atoms with E-state index in [1.807, 2.05) is 18.2 Å². The highest BCUT2D eigenvalue weighted by atomic mass is 35.5. The smallest absolute Gasteiger partial charge is 0.247 e. The maximum absolute atomic E-state index is 12.7. The van der Waals surface area contributed by atoms with Crippen molar-refractivity contribution >= 4 is 33.4 Å². The van der Waals surface area contributed by atoms with E-state index in [2.05, 4.69) is 0 Å². The summed E-state index contributed by atoms with van der Waals surface area (Å²) in [7, 11) is -3.10. The fraction of sp³-hybridized carbons (Fsp3) is 0.278. The Morgan fingerprint density at radius 3 is 2.72 bits per heavy atom. The molecule has 1 atom stereocenters. The van der Waals surface area contributed by atoms with Gasteiger partial charge in [-0.15, -0.1) is 0 Å². The predicted molar refractivity (Wildman–Crippen MR) is 96.8 cm³/mol. The van der Waals surface area contributed by atoms with Crippen molar-refractivity contribution in [1.29, 1.82) is 0 Å². The normalized spacial score (nSPS) is 19.3. The van der Waals surface area contributed by atoms with Crippen molar-refractivity contribution < 1.29 is 17.6 Å². The molecule has 1 aromatic heterocycles. The SMILES string of the molecule is O=C(C=Cc1ccco1)N(Cc1ccccc1Cl)C1CCS(=O)(=O)C1. The van der Waals surface area contributed by atoms with E-state index in [9.17, 15) is 13.2 Å². The second-order valence-electron chi connectivity index (χ2n) is 5.96. The fourth-order valence-electron chi connectivity index (χ4n) is 2.85. The molecule has 132 valence electrons. The zero-order valence-corrected chi connectivity index (χ0v) is 15.0. The van der Waals surface area contributed by atoms with Gasteiger partial charge in [0.2, 0.25) is 5.91 Å². The number of halogens is 1. The highest BCUT2D eigenvalue weighted by Gasteiger charge is 2.34. The molecule has 1 unspecified atom stereocenters. The van der Waals surface area contributed by atoms with Crippen molar-refractivity contribution in [3.8, 4) is 0 Å². The zero-order chi connectivity index (χ0) is 17.9. The van der Waals surface area contributed by atoms with Crippen LogP contribution >= 0.6 is 11.6 Å². The molecule has 25 heavy (non-hydrogen) atoms. The minimum atomic E-state index is -3.10. The van der Waals surface area contributed by atoms with E-state index in [1.165, 1.54) is 12.3 Å². The number of furan rings is 1. The van der Waals surface area contributed by atoms with E-state index >= 15 is 0 Å². The summed E-state index contributed by atoms with van der Waals surface area (Å²) in [5, 5.41) is 0.552. The van der Waals surface area contributed by atoms with Crippen LogP contribution in [0.4, 0.5) is 0 Å². The fourth-order valence-corrected chi connectivity index (χ4v) is 4.78. The van der Waals surface area contributed by atoms with Crippen molar-refractivity contribution in [3.05, 3.63) is 65.1 Å². The minimum absolute atomic E-state index is 0.0161. The van der Waals surface area contributed by atoms with Crippen LogP contribution in [-0.4, -0.2) is 36.8 Å². The molecule has 1 aliphatic rings. The molecule has 0 radical (unpaired) electrons. The van der Waals surface area contributed by atoms with Crippen LogP contribution in [0.1, 0.15) is 17.7 Å². The van der Waals surface area contributed by atoms with Crippen LogP contribution in [0.15, 0.2) is 53.2 Å². The Morgan fingerprint density at radius 1 is 1.28 bits per heavy atom. The van der Waals surface area contributed by atoms with Gasteiger partial charge in [-0.25, -0.2) is 8.42 Å². The first-order valence-corrected chi connectivity index (χ1v) is 10.1. The number of hydrogen-bond acceptors (Lipinski definition) is 4. The Kier molecular flexibility index (Phi) is 5.30. The van der Waals surface area contributed by atoms with Crippen molar-refractivity contribution in [2.24, 2.45) is 0 Å². The lowest BCUT2D eigenvalue weighted by atomic mass is 10.1. The number of hydrogen-bond donors (Lipinski definition) is 0. The highest BCUT2D eigenvalue weighted by Crippen LogP contribution is 2.24. The van der Waals surface area contributed by atoms with Crippen LogP contribution in [0.5, 0.6) is 0 Å². The molecule has 0 N–H and O–H groups in total. The van der Waals surface area contributed by atoms with E-state index in [-0.39, 0.29) is 30.0 Å². The summed E-state index contributed by atoms with van der Waals surface area (Å²) in [5.41, 5.74) is 0.785. The van der Waals surface area contributed by atoms with Gasteiger partial charge in [-0.05, 0) is 36.3 Å². The van der Waals surface area contributed by atoms with Crippen molar-refractivity contribution in [2.75, 3.05) is 11.5 Å². The topological polar surface area (TPSA) is 67.6 Å². The third-order valence-corrected chi connectivity index (χ3v) is 6.28. The Morgan fingerprint density at radius 2 is 2.08 bits per heavy atom. The molecule has 3 rings (SSSR count). The Labute approximate surface area is 151 Å². The summed E-state index contributed by atoms with van der Waals surface area (Å²) < 4.78 is 28.9. The summed E-state index contributed by atoms with van der Waals surface area (Å²) in [6, 6.07) is 10.4. The first kappa shape index (κ1) is 17.8. The molecule has 2 heterocycles. The van der Waals surface area contributed by atoms with E-state index in [0.717, 1.165) is 5.56 Å². The Bertz CT molecular complexity index is 874.